The first-order valence-corrected chi connectivity index (χ1v) is 10.3. The fraction of sp³-hybridized carbons (Fsp3) is 0.391. The maximum absolute atomic E-state index is 11.3. The third-order valence-electron chi connectivity index (χ3n) is 5.31. The van der Waals surface area contributed by atoms with Crippen molar-refractivity contribution >= 4 is 17.1 Å². The molecule has 0 spiro atoms. The van der Waals surface area contributed by atoms with Crippen molar-refractivity contribution in [3.63, 3.8) is 0 Å². The van der Waals surface area contributed by atoms with Gasteiger partial charge in [0.15, 0.2) is 17.7 Å². The molecule has 2 fully saturated rings. The Bertz CT molecular complexity index is 1210. The molecule has 0 saturated carbocycles. The lowest BCUT2D eigenvalue weighted by atomic mass is 10.1. The van der Waals surface area contributed by atoms with Crippen LogP contribution in [-0.2, 0) is 23.7 Å². The highest BCUT2D eigenvalue weighted by Gasteiger charge is 2.56. The molecule has 164 valence electrons. The number of carbonyl (C=O) groups is 1. The van der Waals surface area contributed by atoms with Gasteiger partial charge in [-0.1, -0.05) is 24.1 Å². The zero-order chi connectivity index (χ0) is 22.3. The third kappa shape index (κ3) is 3.84. The van der Waals surface area contributed by atoms with Gasteiger partial charge in [-0.15, -0.1) is 0 Å². The van der Waals surface area contributed by atoms with Crippen LogP contribution in [0, 0.1) is 11.8 Å². The van der Waals surface area contributed by atoms with Gasteiger partial charge in [-0.2, -0.15) is 0 Å². The van der Waals surface area contributed by atoms with E-state index in [0.29, 0.717) is 16.9 Å². The first-order chi connectivity index (χ1) is 15.4. The molecule has 9 nitrogen and oxygen atoms in total. The largest absolute Gasteiger partial charge is 0.463 e. The Kier molecular flexibility index (Phi) is 5.13. The summed E-state index contributed by atoms with van der Waals surface area (Å²) in [4.78, 5) is 24.5. The highest BCUT2D eigenvalue weighted by atomic mass is 16.8. The van der Waals surface area contributed by atoms with Crippen LogP contribution >= 0.6 is 0 Å². The van der Waals surface area contributed by atoms with Crippen molar-refractivity contribution < 1.29 is 23.7 Å². The van der Waals surface area contributed by atoms with Crippen molar-refractivity contribution in [3.05, 3.63) is 54.2 Å². The van der Waals surface area contributed by atoms with Gasteiger partial charge in [-0.25, -0.2) is 15.0 Å². The van der Waals surface area contributed by atoms with Crippen LogP contribution in [0.1, 0.15) is 38.3 Å². The number of aromatic nitrogens is 4. The van der Waals surface area contributed by atoms with Crippen molar-refractivity contribution in [3.8, 4) is 11.8 Å². The minimum Gasteiger partial charge on any atom is -0.463 e. The average Bonchev–Trinajstić information content (AvgIpc) is 3.42. The van der Waals surface area contributed by atoms with Gasteiger partial charge in [0, 0.05) is 12.5 Å². The monoisotopic (exact) mass is 434 g/mol. The number of hydrogen-bond donors (Lipinski definition) is 0. The third-order valence-corrected chi connectivity index (χ3v) is 5.31. The summed E-state index contributed by atoms with van der Waals surface area (Å²) in [7, 11) is 0. The molecular formula is C23H22N4O5. The van der Waals surface area contributed by atoms with Crippen molar-refractivity contribution in [1.29, 1.82) is 0 Å². The highest BCUT2D eigenvalue weighted by Crippen LogP contribution is 2.43. The molecule has 1 aromatic carbocycles. The minimum absolute atomic E-state index is 0.0713. The molecule has 5 rings (SSSR count). The van der Waals surface area contributed by atoms with E-state index in [1.807, 2.05) is 44.2 Å². The van der Waals surface area contributed by atoms with E-state index in [0.717, 1.165) is 5.56 Å². The SMILES string of the molecule is CC(=O)OC[C@H]1O[C@@H](n2cnc3c(C#Cc4ccccc4)ncnc32)[C@@H]2OC(C)(C)O[C@@H]21. The van der Waals surface area contributed by atoms with Crippen molar-refractivity contribution in [2.24, 2.45) is 0 Å². The minimum atomic E-state index is -0.788. The number of carbonyl (C=O) groups excluding carboxylic acids is 1. The van der Waals surface area contributed by atoms with E-state index in [4.69, 9.17) is 18.9 Å². The molecule has 0 bridgehead atoms. The predicted octanol–water partition coefficient (Wildman–Crippen LogP) is 2.21. The van der Waals surface area contributed by atoms with Crippen LogP contribution in [0.2, 0.25) is 0 Å². The summed E-state index contributed by atoms with van der Waals surface area (Å²) in [5.74, 6) is 5.01. The normalized spacial score (nSPS) is 25.8. The van der Waals surface area contributed by atoms with Gasteiger partial charge in [0.2, 0.25) is 0 Å². The van der Waals surface area contributed by atoms with Crippen LogP contribution in [0.3, 0.4) is 0 Å². The Balaban J connectivity index is 1.48. The molecular weight excluding hydrogens is 412 g/mol. The first kappa shape index (κ1) is 20.6. The standard InChI is InChI=1S/C23H22N4O5/c1-14(28)29-11-17-19-20(32-23(2,3)31-19)22(30-17)27-13-26-18-16(24-12-25-21(18)27)10-9-15-7-5-4-6-8-15/h4-8,12-13,17,19-20,22H,11H2,1-3H3/t17-,19-,20-,22-/m1/s1. The molecule has 2 aliphatic heterocycles. The maximum atomic E-state index is 11.3. The van der Waals surface area contributed by atoms with Gasteiger partial charge in [-0.05, 0) is 31.9 Å². The van der Waals surface area contributed by atoms with Crippen LogP contribution in [-0.4, -0.2) is 56.2 Å². The summed E-state index contributed by atoms with van der Waals surface area (Å²) in [6.07, 6.45) is 1.23. The van der Waals surface area contributed by atoms with Crippen molar-refractivity contribution in [1.82, 2.24) is 19.5 Å². The molecule has 0 aliphatic carbocycles. The summed E-state index contributed by atoms with van der Waals surface area (Å²) in [5, 5.41) is 0. The Labute approximate surface area is 184 Å². The van der Waals surface area contributed by atoms with Crippen LogP contribution in [0.25, 0.3) is 11.2 Å². The lowest BCUT2D eigenvalue weighted by molar-refractivity contribution is -0.201. The number of benzene rings is 1. The summed E-state index contributed by atoms with van der Waals surface area (Å²) in [6, 6.07) is 9.66. The second-order valence-electron chi connectivity index (χ2n) is 8.09. The van der Waals surface area contributed by atoms with E-state index in [1.165, 1.54) is 13.3 Å². The molecule has 2 aliphatic rings. The van der Waals surface area contributed by atoms with Gasteiger partial charge in [-0.3, -0.25) is 9.36 Å². The second-order valence-corrected chi connectivity index (χ2v) is 8.09. The number of fused-ring (bicyclic) bond motifs is 2. The lowest BCUT2D eigenvalue weighted by Gasteiger charge is -2.24. The smallest absolute Gasteiger partial charge is 0.302 e. The molecule has 0 N–H and O–H groups in total. The number of nitrogens with zero attached hydrogens (tertiary/aromatic N) is 4. The average molecular weight is 434 g/mol. The number of esters is 1. The Hall–Kier alpha value is -3.32. The zero-order valence-electron chi connectivity index (χ0n) is 17.9. The lowest BCUT2D eigenvalue weighted by Crippen LogP contribution is -2.33. The van der Waals surface area contributed by atoms with E-state index in [9.17, 15) is 4.79 Å². The van der Waals surface area contributed by atoms with Crippen LogP contribution < -0.4 is 0 Å². The van der Waals surface area contributed by atoms with Crippen molar-refractivity contribution in [2.45, 2.75) is 51.1 Å². The Morgan fingerprint density at radius 1 is 1.12 bits per heavy atom. The van der Waals surface area contributed by atoms with Gasteiger partial charge >= 0.3 is 5.97 Å². The van der Waals surface area contributed by atoms with E-state index >= 15 is 0 Å². The van der Waals surface area contributed by atoms with Gasteiger partial charge in [0.25, 0.3) is 0 Å². The van der Waals surface area contributed by atoms with Crippen LogP contribution in [0.4, 0.5) is 0 Å². The molecule has 9 heteroatoms. The molecule has 2 aromatic heterocycles. The molecule has 32 heavy (non-hydrogen) atoms. The summed E-state index contributed by atoms with van der Waals surface area (Å²) < 4.78 is 25.3. The van der Waals surface area contributed by atoms with E-state index < -0.39 is 30.3 Å². The van der Waals surface area contributed by atoms with Crippen molar-refractivity contribution in [2.75, 3.05) is 6.61 Å². The molecule has 0 radical (unpaired) electrons. The topological polar surface area (TPSA) is 97.6 Å². The van der Waals surface area contributed by atoms with Crippen LogP contribution in [0.15, 0.2) is 43.0 Å². The molecule has 2 saturated heterocycles. The summed E-state index contributed by atoms with van der Waals surface area (Å²) >= 11 is 0. The Morgan fingerprint density at radius 3 is 2.69 bits per heavy atom. The first-order valence-electron chi connectivity index (χ1n) is 10.3. The maximum Gasteiger partial charge on any atom is 0.302 e. The quantitative estimate of drug-likeness (QED) is 0.457. The fourth-order valence-electron chi connectivity index (χ4n) is 4.00. The molecule has 0 amide bonds. The number of ether oxygens (including phenoxy) is 4. The number of imidazole rings is 1. The molecule has 3 aromatic rings. The number of rotatable bonds is 3. The van der Waals surface area contributed by atoms with Gasteiger partial charge < -0.3 is 18.9 Å². The number of hydrogen-bond acceptors (Lipinski definition) is 8. The predicted molar refractivity (Wildman–Crippen MR) is 112 cm³/mol. The molecule has 4 heterocycles. The van der Waals surface area contributed by atoms with E-state index in [2.05, 4.69) is 26.8 Å². The van der Waals surface area contributed by atoms with Crippen LogP contribution in [0.5, 0.6) is 0 Å². The second kappa shape index (κ2) is 7.98. The Morgan fingerprint density at radius 2 is 1.91 bits per heavy atom. The zero-order valence-corrected chi connectivity index (χ0v) is 17.9. The van der Waals surface area contributed by atoms with Gasteiger partial charge in [0.05, 0.1) is 6.33 Å². The summed E-state index contributed by atoms with van der Waals surface area (Å²) in [5.41, 5.74) is 2.54. The molecule has 4 atom stereocenters. The molecule has 0 unspecified atom stereocenters. The highest BCUT2D eigenvalue weighted by molar-refractivity contribution is 5.76. The van der Waals surface area contributed by atoms with E-state index in [-0.39, 0.29) is 12.6 Å². The van der Waals surface area contributed by atoms with Gasteiger partial charge in [0.1, 0.15) is 42.5 Å². The summed E-state index contributed by atoms with van der Waals surface area (Å²) in [6.45, 7) is 5.12. The van der Waals surface area contributed by atoms with E-state index in [1.54, 1.807) is 10.9 Å². The fourth-order valence-corrected chi connectivity index (χ4v) is 4.00.